The van der Waals surface area contributed by atoms with Crippen molar-refractivity contribution in [2.24, 2.45) is 0 Å². The largest absolute Gasteiger partial charge is 0.325 e. The maximum absolute atomic E-state index is 12.8. The lowest BCUT2D eigenvalue weighted by atomic mass is 10.2. The summed E-state index contributed by atoms with van der Waals surface area (Å²) in [5.74, 6) is -0.268. The normalized spacial score (nSPS) is 10.7. The van der Waals surface area contributed by atoms with E-state index in [1.165, 1.54) is 24.1 Å². The number of anilines is 1. The van der Waals surface area contributed by atoms with Crippen molar-refractivity contribution >= 4 is 39.1 Å². The van der Waals surface area contributed by atoms with E-state index in [1.54, 1.807) is 29.5 Å². The molecular formula is C15H10FNOS2. The van der Waals surface area contributed by atoms with Crippen molar-refractivity contribution in [2.45, 2.75) is 4.21 Å². The van der Waals surface area contributed by atoms with Crippen LogP contribution in [0.4, 0.5) is 10.1 Å². The third-order valence-electron chi connectivity index (χ3n) is 2.73. The molecule has 0 atom stereocenters. The minimum absolute atomic E-state index is 0.0164. The Balaban J connectivity index is 1.84. The second kappa shape index (κ2) is 5.64. The van der Waals surface area contributed by atoms with E-state index in [-0.39, 0.29) is 11.2 Å². The van der Waals surface area contributed by atoms with Gasteiger partial charge in [-0.3, -0.25) is 4.79 Å². The predicted octanol–water partition coefficient (Wildman–Crippen LogP) is 4.52. The molecule has 0 fully saturated rings. The topological polar surface area (TPSA) is 29.1 Å². The van der Waals surface area contributed by atoms with Gasteiger partial charge >= 0.3 is 0 Å². The third-order valence-corrected chi connectivity index (χ3v) is 4.78. The predicted molar refractivity (Wildman–Crippen MR) is 84.0 cm³/mol. The Labute approximate surface area is 123 Å². The van der Waals surface area contributed by atoms with Crippen molar-refractivity contribution in [1.29, 1.82) is 0 Å². The molecule has 0 amide bonds. The lowest BCUT2D eigenvalue weighted by molar-refractivity contribution is 0.628. The zero-order chi connectivity index (χ0) is 13.9. The van der Waals surface area contributed by atoms with Gasteiger partial charge < -0.3 is 4.72 Å². The molecule has 1 N–H and O–H groups in total. The number of halogens is 1. The molecule has 3 aromatic rings. The van der Waals surface area contributed by atoms with Crippen LogP contribution in [0.25, 0.3) is 10.1 Å². The van der Waals surface area contributed by atoms with Crippen LogP contribution >= 0.6 is 23.3 Å². The standard InChI is InChI=1S/C15H10FNOS2/c16-10-5-7-11(8-6-10)17-20-15-9-13(18)12-3-1-2-4-14(12)19-15/h1-9,17H. The molecule has 5 heteroatoms. The first-order chi connectivity index (χ1) is 9.72. The van der Waals surface area contributed by atoms with Crippen LogP contribution in [0, 0.1) is 5.82 Å². The van der Waals surface area contributed by atoms with Gasteiger partial charge in [0.1, 0.15) is 5.82 Å². The lowest BCUT2D eigenvalue weighted by Crippen LogP contribution is -1.98. The molecule has 0 bridgehead atoms. The van der Waals surface area contributed by atoms with Crippen LogP contribution in [-0.4, -0.2) is 0 Å². The van der Waals surface area contributed by atoms with E-state index < -0.39 is 0 Å². The van der Waals surface area contributed by atoms with Gasteiger partial charge in [0.2, 0.25) is 0 Å². The van der Waals surface area contributed by atoms with E-state index in [1.807, 2.05) is 24.3 Å². The van der Waals surface area contributed by atoms with Crippen LogP contribution in [0.3, 0.4) is 0 Å². The van der Waals surface area contributed by atoms with Gasteiger partial charge in [-0.05, 0) is 48.3 Å². The van der Waals surface area contributed by atoms with Crippen LogP contribution in [0.2, 0.25) is 0 Å². The summed E-state index contributed by atoms with van der Waals surface area (Å²) >= 11 is 2.90. The molecule has 100 valence electrons. The Hall–Kier alpha value is -1.85. The minimum Gasteiger partial charge on any atom is -0.325 e. The minimum atomic E-state index is -0.268. The van der Waals surface area contributed by atoms with Crippen molar-refractivity contribution in [1.82, 2.24) is 0 Å². The van der Waals surface area contributed by atoms with Crippen LogP contribution < -0.4 is 10.2 Å². The fourth-order valence-corrected chi connectivity index (χ4v) is 3.65. The number of rotatable bonds is 3. The van der Waals surface area contributed by atoms with Crippen LogP contribution in [0.5, 0.6) is 0 Å². The highest BCUT2D eigenvalue weighted by molar-refractivity contribution is 8.02. The first-order valence-corrected chi connectivity index (χ1v) is 7.57. The summed E-state index contributed by atoms with van der Waals surface area (Å²) in [6.45, 7) is 0. The van der Waals surface area contributed by atoms with E-state index in [2.05, 4.69) is 4.72 Å². The van der Waals surface area contributed by atoms with Crippen molar-refractivity contribution < 1.29 is 4.39 Å². The van der Waals surface area contributed by atoms with Crippen molar-refractivity contribution in [3.8, 4) is 0 Å². The molecule has 0 unspecified atom stereocenters. The lowest BCUT2D eigenvalue weighted by Gasteiger charge is -2.05. The van der Waals surface area contributed by atoms with Crippen molar-refractivity contribution in [3.63, 3.8) is 0 Å². The van der Waals surface area contributed by atoms with Crippen molar-refractivity contribution in [2.75, 3.05) is 4.72 Å². The molecule has 0 aliphatic rings. The number of hydrogen-bond acceptors (Lipinski definition) is 4. The summed E-state index contributed by atoms with van der Waals surface area (Å²) in [6.07, 6.45) is 0. The molecule has 0 radical (unpaired) electrons. The number of benzene rings is 2. The Morgan fingerprint density at radius 3 is 2.60 bits per heavy atom. The molecular weight excluding hydrogens is 293 g/mol. The van der Waals surface area contributed by atoms with Gasteiger partial charge in [0.15, 0.2) is 5.43 Å². The Bertz CT molecular complexity index is 799. The van der Waals surface area contributed by atoms with Crippen LogP contribution in [0.1, 0.15) is 0 Å². The number of nitrogens with one attached hydrogen (secondary N) is 1. The van der Waals surface area contributed by atoms with Gasteiger partial charge in [0.05, 0.1) is 4.21 Å². The van der Waals surface area contributed by atoms with Crippen LogP contribution in [0.15, 0.2) is 63.6 Å². The van der Waals surface area contributed by atoms with Crippen molar-refractivity contribution in [3.05, 3.63) is 70.6 Å². The molecule has 0 aliphatic heterocycles. The van der Waals surface area contributed by atoms with Gasteiger partial charge in [-0.25, -0.2) is 4.39 Å². The van der Waals surface area contributed by atoms with Gasteiger partial charge in [0.25, 0.3) is 0 Å². The molecule has 0 saturated heterocycles. The third kappa shape index (κ3) is 2.84. The molecule has 20 heavy (non-hydrogen) atoms. The Morgan fingerprint density at radius 2 is 1.80 bits per heavy atom. The summed E-state index contributed by atoms with van der Waals surface area (Å²) in [6, 6.07) is 15.3. The van der Waals surface area contributed by atoms with Gasteiger partial charge in [0, 0.05) is 21.8 Å². The average molecular weight is 303 g/mol. The fraction of sp³-hybridized carbons (Fsp3) is 0. The van der Waals surface area contributed by atoms with E-state index in [0.717, 1.165) is 20.0 Å². The number of fused-ring (bicyclic) bond motifs is 1. The molecule has 3 rings (SSSR count). The number of hydrogen-bond donors (Lipinski definition) is 1. The second-order valence-electron chi connectivity index (χ2n) is 4.14. The molecule has 1 heterocycles. The molecule has 0 saturated carbocycles. The van der Waals surface area contributed by atoms with E-state index in [0.29, 0.717) is 0 Å². The molecule has 2 nitrogen and oxygen atoms in total. The first-order valence-electron chi connectivity index (χ1n) is 5.94. The zero-order valence-electron chi connectivity index (χ0n) is 10.3. The summed E-state index contributed by atoms with van der Waals surface area (Å²) in [4.78, 5) is 12.0. The highest BCUT2D eigenvalue weighted by Crippen LogP contribution is 2.28. The SMILES string of the molecule is O=c1cc(SNc2ccc(F)cc2)sc2ccccc12. The summed E-state index contributed by atoms with van der Waals surface area (Å²) < 4.78 is 17.7. The van der Waals surface area contributed by atoms with Gasteiger partial charge in [-0.1, -0.05) is 12.1 Å². The average Bonchev–Trinajstić information content (AvgIpc) is 2.47. The monoisotopic (exact) mass is 303 g/mol. The molecule has 0 spiro atoms. The summed E-state index contributed by atoms with van der Waals surface area (Å²) in [7, 11) is 0. The first kappa shape index (κ1) is 13.1. The highest BCUT2D eigenvalue weighted by atomic mass is 32.2. The highest BCUT2D eigenvalue weighted by Gasteiger charge is 2.03. The van der Waals surface area contributed by atoms with E-state index in [9.17, 15) is 9.18 Å². The fourth-order valence-electron chi connectivity index (χ4n) is 1.76. The maximum Gasteiger partial charge on any atom is 0.189 e. The van der Waals surface area contributed by atoms with E-state index >= 15 is 0 Å². The Kier molecular flexibility index (Phi) is 3.71. The Morgan fingerprint density at radius 1 is 1.05 bits per heavy atom. The molecule has 2 aromatic carbocycles. The molecule has 0 aliphatic carbocycles. The van der Waals surface area contributed by atoms with Gasteiger partial charge in [-0.2, -0.15) is 0 Å². The second-order valence-corrected chi connectivity index (χ2v) is 6.33. The maximum atomic E-state index is 12.8. The quantitative estimate of drug-likeness (QED) is 0.721. The summed E-state index contributed by atoms with van der Waals surface area (Å²) in [5, 5.41) is 0.739. The van der Waals surface area contributed by atoms with Crippen LogP contribution in [-0.2, 0) is 0 Å². The van der Waals surface area contributed by atoms with E-state index in [4.69, 9.17) is 0 Å². The molecule has 1 aromatic heterocycles. The van der Waals surface area contributed by atoms with Gasteiger partial charge in [-0.15, -0.1) is 11.3 Å². The smallest absolute Gasteiger partial charge is 0.189 e. The zero-order valence-corrected chi connectivity index (χ0v) is 11.9. The summed E-state index contributed by atoms with van der Waals surface area (Å²) in [5.41, 5.74) is 0.812.